The lowest BCUT2D eigenvalue weighted by Gasteiger charge is -2.21. The zero-order valence-corrected chi connectivity index (χ0v) is 19.5. The Labute approximate surface area is 191 Å². The second kappa shape index (κ2) is 8.13. The Balaban J connectivity index is 1.68. The fraction of sp³-hybridized carbons (Fsp3) is 0.333. The van der Waals surface area contributed by atoms with E-state index in [0.29, 0.717) is 22.7 Å². The van der Waals surface area contributed by atoms with Gasteiger partial charge in [-0.25, -0.2) is 14.3 Å². The van der Waals surface area contributed by atoms with Crippen LogP contribution >= 0.6 is 0 Å². The fourth-order valence-electron chi connectivity index (χ4n) is 3.71. The molecule has 0 fully saturated rings. The number of fused-ring (bicyclic) bond motifs is 2. The van der Waals surface area contributed by atoms with E-state index in [4.69, 9.17) is 9.47 Å². The number of amides is 1. The smallest absolute Gasteiger partial charge is 0.408 e. The minimum absolute atomic E-state index is 0.332. The Morgan fingerprint density at radius 1 is 1.30 bits per heavy atom. The number of carbonyl (C=O) groups excluding carboxylic acids is 1. The zero-order chi connectivity index (χ0) is 23.9. The Morgan fingerprint density at radius 2 is 2.06 bits per heavy atom. The van der Waals surface area contributed by atoms with Gasteiger partial charge in [-0.05, 0) is 52.8 Å². The van der Waals surface area contributed by atoms with Gasteiger partial charge in [0.2, 0.25) is 0 Å². The van der Waals surface area contributed by atoms with Crippen molar-refractivity contribution >= 4 is 22.6 Å². The van der Waals surface area contributed by atoms with Crippen LogP contribution in [0.1, 0.15) is 50.6 Å². The number of aromatic nitrogens is 4. The summed E-state index contributed by atoms with van der Waals surface area (Å²) in [7, 11) is 1.57. The van der Waals surface area contributed by atoms with Crippen LogP contribution in [-0.2, 0) is 4.74 Å². The monoisotopic (exact) mass is 446 g/mol. The molecule has 1 atom stereocenters. The summed E-state index contributed by atoms with van der Waals surface area (Å²) < 4.78 is 12.5. The van der Waals surface area contributed by atoms with Gasteiger partial charge in [0.25, 0.3) is 0 Å². The third-order valence-corrected chi connectivity index (χ3v) is 5.21. The van der Waals surface area contributed by atoms with Gasteiger partial charge in [-0.1, -0.05) is 0 Å². The largest absolute Gasteiger partial charge is 0.494 e. The molecule has 4 aromatic rings. The van der Waals surface area contributed by atoms with Crippen LogP contribution in [0.15, 0.2) is 30.5 Å². The number of pyridine rings is 2. The van der Waals surface area contributed by atoms with Gasteiger partial charge in [0.1, 0.15) is 34.3 Å². The highest BCUT2D eigenvalue weighted by Gasteiger charge is 2.20. The first-order chi connectivity index (χ1) is 15.6. The molecule has 0 bridgehead atoms. The van der Waals surface area contributed by atoms with Gasteiger partial charge in [0.15, 0.2) is 0 Å². The van der Waals surface area contributed by atoms with Gasteiger partial charge < -0.3 is 19.8 Å². The number of aryl methyl sites for hydroxylation is 1. The van der Waals surface area contributed by atoms with Crippen LogP contribution in [0.5, 0.6) is 5.75 Å². The maximum Gasteiger partial charge on any atom is 0.408 e. The van der Waals surface area contributed by atoms with Crippen molar-refractivity contribution in [3.63, 3.8) is 0 Å². The van der Waals surface area contributed by atoms with Gasteiger partial charge >= 0.3 is 6.09 Å². The van der Waals surface area contributed by atoms with Crippen LogP contribution in [0.25, 0.3) is 27.9 Å². The molecule has 0 aromatic carbocycles. The van der Waals surface area contributed by atoms with E-state index in [0.717, 1.165) is 27.9 Å². The summed E-state index contributed by atoms with van der Waals surface area (Å²) in [6.07, 6.45) is 1.19. The Hall–Kier alpha value is -4.06. The molecule has 2 N–H and O–H groups in total. The van der Waals surface area contributed by atoms with Crippen molar-refractivity contribution < 1.29 is 14.3 Å². The van der Waals surface area contributed by atoms with E-state index in [-0.39, 0.29) is 6.04 Å². The van der Waals surface area contributed by atoms with Crippen LogP contribution < -0.4 is 10.1 Å². The van der Waals surface area contributed by atoms with E-state index in [1.54, 1.807) is 23.9 Å². The number of nitrogens with one attached hydrogen (secondary N) is 2. The molecule has 33 heavy (non-hydrogen) atoms. The molecule has 9 heteroatoms. The number of nitriles is 1. The number of carbonyl (C=O) groups is 1. The van der Waals surface area contributed by atoms with Gasteiger partial charge in [-0.3, -0.25) is 0 Å². The molecule has 0 radical (unpaired) electrons. The van der Waals surface area contributed by atoms with Crippen LogP contribution in [0.4, 0.5) is 4.79 Å². The average Bonchev–Trinajstić information content (AvgIpc) is 3.31. The average molecular weight is 447 g/mol. The number of methoxy groups -OCH3 is 1. The molecule has 0 aliphatic carbocycles. The summed E-state index contributed by atoms with van der Waals surface area (Å²) in [5.74, 6) is 0.587. The van der Waals surface area contributed by atoms with Crippen LogP contribution in [0.3, 0.4) is 0 Å². The zero-order valence-electron chi connectivity index (χ0n) is 19.5. The highest BCUT2D eigenvalue weighted by molar-refractivity contribution is 5.85. The summed E-state index contributed by atoms with van der Waals surface area (Å²) in [5.41, 5.74) is 4.53. The molecule has 170 valence electrons. The molecular weight excluding hydrogens is 420 g/mol. The molecule has 4 heterocycles. The lowest BCUT2D eigenvalue weighted by atomic mass is 10.1. The van der Waals surface area contributed by atoms with Crippen LogP contribution in [0, 0.1) is 18.3 Å². The molecule has 4 rings (SSSR count). The molecule has 4 aromatic heterocycles. The highest BCUT2D eigenvalue weighted by atomic mass is 16.6. The van der Waals surface area contributed by atoms with E-state index in [1.165, 1.54) is 0 Å². The highest BCUT2D eigenvalue weighted by Crippen LogP contribution is 2.32. The van der Waals surface area contributed by atoms with Crippen molar-refractivity contribution in [1.82, 2.24) is 24.9 Å². The van der Waals surface area contributed by atoms with Crippen molar-refractivity contribution in [2.75, 3.05) is 7.11 Å². The molecule has 0 saturated carbocycles. The molecule has 9 nitrogen and oxygen atoms in total. The summed E-state index contributed by atoms with van der Waals surface area (Å²) in [6.45, 7) is 9.27. The Bertz CT molecular complexity index is 1400. The number of aromatic amines is 1. The van der Waals surface area contributed by atoms with Crippen molar-refractivity contribution in [3.8, 4) is 23.2 Å². The van der Waals surface area contributed by atoms with Gasteiger partial charge in [-0.2, -0.15) is 10.4 Å². The Kier molecular flexibility index (Phi) is 5.46. The first-order valence-electron chi connectivity index (χ1n) is 10.6. The third-order valence-electron chi connectivity index (χ3n) is 5.21. The predicted octanol–water partition coefficient (Wildman–Crippen LogP) is 4.65. The minimum atomic E-state index is -0.571. The SMILES string of the molecule is COc1cc(C#N)cn2nc(-c3cc4ccc([C@@H](C)NC(=O)OC(C)(C)C)nc4[nH]3)c(C)c12. The summed E-state index contributed by atoms with van der Waals surface area (Å²) in [6, 6.07) is 9.30. The number of hydrogen-bond acceptors (Lipinski definition) is 6. The topological polar surface area (TPSA) is 117 Å². The normalized spacial score (nSPS) is 12.5. The lowest BCUT2D eigenvalue weighted by molar-refractivity contribution is 0.0507. The fourth-order valence-corrected chi connectivity index (χ4v) is 3.71. The first-order valence-corrected chi connectivity index (χ1v) is 10.6. The van der Waals surface area contributed by atoms with Gasteiger partial charge in [-0.15, -0.1) is 0 Å². The summed E-state index contributed by atoms with van der Waals surface area (Å²) in [4.78, 5) is 20.1. The van der Waals surface area contributed by atoms with Crippen molar-refractivity contribution in [2.24, 2.45) is 0 Å². The van der Waals surface area contributed by atoms with Gasteiger partial charge in [0.05, 0.1) is 30.1 Å². The molecule has 0 unspecified atom stereocenters. The van der Waals surface area contributed by atoms with E-state index in [2.05, 4.69) is 26.5 Å². The molecule has 0 aliphatic heterocycles. The van der Waals surface area contributed by atoms with E-state index in [1.807, 2.05) is 52.8 Å². The minimum Gasteiger partial charge on any atom is -0.494 e. The number of rotatable bonds is 4. The number of hydrogen-bond donors (Lipinski definition) is 2. The van der Waals surface area contributed by atoms with E-state index in [9.17, 15) is 10.1 Å². The molecule has 1 amide bonds. The second-order valence-electron chi connectivity index (χ2n) is 8.90. The van der Waals surface area contributed by atoms with Crippen LogP contribution in [0.2, 0.25) is 0 Å². The van der Waals surface area contributed by atoms with E-state index >= 15 is 0 Å². The van der Waals surface area contributed by atoms with Crippen molar-refractivity contribution in [3.05, 3.63) is 47.3 Å². The molecule has 0 spiro atoms. The first kappa shape index (κ1) is 22.1. The standard InChI is InChI=1S/C24H26N6O3/c1-13-20(29-30-12-15(11-25)9-19(32-6)21(13)30)18-10-16-7-8-17(27-22(16)28-18)14(2)26-23(31)33-24(3,4)5/h7-10,12,14H,1-6H3,(H,26,31)(H,27,28)/t14-/m1/s1. The molecule has 0 aliphatic rings. The number of ether oxygens (including phenoxy) is 2. The van der Waals surface area contributed by atoms with Crippen molar-refractivity contribution in [1.29, 1.82) is 5.26 Å². The summed E-state index contributed by atoms with van der Waals surface area (Å²) in [5, 5.41) is 17.7. The predicted molar refractivity (Wildman–Crippen MR) is 124 cm³/mol. The van der Waals surface area contributed by atoms with Crippen LogP contribution in [-0.4, -0.2) is 38.4 Å². The van der Waals surface area contributed by atoms with Gasteiger partial charge in [0, 0.05) is 23.2 Å². The third kappa shape index (κ3) is 4.32. The molecule has 0 saturated heterocycles. The number of nitrogens with zero attached hydrogens (tertiary/aromatic N) is 4. The van der Waals surface area contributed by atoms with Crippen molar-refractivity contribution in [2.45, 2.75) is 46.3 Å². The maximum atomic E-state index is 12.1. The number of alkyl carbamates (subject to hydrolysis) is 1. The number of H-pyrrole nitrogens is 1. The maximum absolute atomic E-state index is 12.1. The quantitative estimate of drug-likeness (QED) is 0.471. The lowest BCUT2D eigenvalue weighted by Crippen LogP contribution is -2.34. The Morgan fingerprint density at radius 3 is 2.73 bits per heavy atom. The summed E-state index contributed by atoms with van der Waals surface area (Å²) >= 11 is 0. The molecular formula is C24H26N6O3. The van der Waals surface area contributed by atoms with E-state index < -0.39 is 11.7 Å². The second-order valence-corrected chi connectivity index (χ2v) is 8.90.